The molecule has 1 aliphatic carbocycles. The first-order chi connectivity index (χ1) is 9.15. The minimum atomic E-state index is -0.00556. The van der Waals surface area contributed by atoms with E-state index in [0.29, 0.717) is 5.92 Å². The zero-order valence-corrected chi connectivity index (χ0v) is 12.2. The molecular weight excluding hydrogens is 232 g/mol. The quantitative estimate of drug-likeness (QED) is 0.645. The van der Waals surface area contributed by atoms with Crippen LogP contribution in [0.25, 0.3) is 0 Å². The van der Waals surface area contributed by atoms with E-state index in [1.54, 1.807) is 0 Å². The lowest BCUT2D eigenvalue weighted by Gasteiger charge is -2.37. The molecule has 0 atom stereocenters. The average molecular weight is 258 g/mol. The van der Waals surface area contributed by atoms with E-state index in [-0.39, 0.29) is 5.41 Å². The zero-order chi connectivity index (χ0) is 13.7. The fraction of sp³-hybridized carbons (Fsp3) is 0.588. The van der Waals surface area contributed by atoms with Gasteiger partial charge < -0.3 is 5.73 Å². The number of benzene rings is 1. The largest absolute Gasteiger partial charge is 0.387 e. The molecule has 2 rings (SSSR count). The normalized spacial score (nSPS) is 19.6. The summed E-state index contributed by atoms with van der Waals surface area (Å²) in [4.78, 5) is 4.69. The maximum Gasteiger partial charge on any atom is 0.104 e. The molecule has 0 aliphatic heterocycles. The van der Waals surface area contributed by atoms with Crippen molar-refractivity contribution in [3.05, 3.63) is 35.9 Å². The molecule has 2 nitrogen and oxygen atoms in total. The van der Waals surface area contributed by atoms with Crippen LogP contribution in [-0.2, 0) is 5.41 Å². The topological polar surface area (TPSA) is 38.4 Å². The van der Waals surface area contributed by atoms with Crippen LogP contribution in [0.5, 0.6) is 0 Å². The van der Waals surface area contributed by atoms with Crippen molar-refractivity contribution in [3.63, 3.8) is 0 Å². The number of hydrogen-bond acceptors (Lipinski definition) is 1. The molecule has 0 saturated heterocycles. The second kappa shape index (κ2) is 6.23. The van der Waals surface area contributed by atoms with Crippen molar-refractivity contribution in [1.82, 2.24) is 0 Å². The Bertz CT molecular complexity index is 414. The van der Waals surface area contributed by atoms with E-state index < -0.39 is 0 Å². The summed E-state index contributed by atoms with van der Waals surface area (Å²) in [6.07, 6.45) is 6.13. The van der Waals surface area contributed by atoms with Crippen molar-refractivity contribution in [1.29, 1.82) is 0 Å². The van der Waals surface area contributed by atoms with Crippen LogP contribution in [0.1, 0.15) is 51.5 Å². The Hall–Kier alpha value is -1.31. The minimum Gasteiger partial charge on any atom is -0.387 e. The molecule has 1 aromatic rings. The Morgan fingerprint density at radius 3 is 2.37 bits per heavy atom. The van der Waals surface area contributed by atoms with Crippen molar-refractivity contribution >= 4 is 5.84 Å². The Morgan fingerprint density at radius 1 is 1.16 bits per heavy atom. The van der Waals surface area contributed by atoms with Crippen LogP contribution in [0.3, 0.4) is 0 Å². The lowest BCUT2D eigenvalue weighted by atomic mass is 9.68. The van der Waals surface area contributed by atoms with Gasteiger partial charge in [-0.1, -0.05) is 63.4 Å². The highest BCUT2D eigenvalue weighted by Crippen LogP contribution is 2.39. The van der Waals surface area contributed by atoms with Gasteiger partial charge in [0.2, 0.25) is 0 Å². The van der Waals surface area contributed by atoms with Crippen molar-refractivity contribution in [3.8, 4) is 0 Å². The predicted octanol–water partition coefficient (Wildman–Crippen LogP) is 3.90. The van der Waals surface area contributed by atoms with E-state index in [1.165, 1.54) is 24.8 Å². The highest BCUT2D eigenvalue weighted by atomic mass is 14.9. The number of amidine groups is 1. The van der Waals surface area contributed by atoms with Gasteiger partial charge >= 0.3 is 0 Å². The van der Waals surface area contributed by atoms with E-state index in [4.69, 9.17) is 10.7 Å². The first-order valence-corrected chi connectivity index (χ1v) is 7.51. The van der Waals surface area contributed by atoms with Crippen molar-refractivity contribution in [2.24, 2.45) is 16.6 Å². The third kappa shape index (κ3) is 3.17. The van der Waals surface area contributed by atoms with Gasteiger partial charge in [0, 0.05) is 6.54 Å². The number of hydrogen-bond donors (Lipinski definition) is 1. The molecule has 0 aromatic heterocycles. The van der Waals surface area contributed by atoms with E-state index in [1.807, 2.05) is 0 Å². The number of aliphatic imine (C=N–C) groups is 1. The summed E-state index contributed by atoms with van der Waals surface area (Å²) in [5.41, 5.74) is 7.76. The highest BCUT2D eigenvalue weighted by molar-refractivity contribution is 5.91. The van der Waals surface area contributed by atoms with Crippen LogP contribution >= 0.6 is 0 Å². The second-order valence-electron chi connectivity index (χ2n) is 6.13. The van der Waals surface area contributed by atoms with E-state index in [2.05, 4.69) is 44.2 Å². The first kappa shape index (κ1) is 14.1. The van der Waals surface area contributed by atoms with Gasteiger partial charge in [-0.05, 0) is 24.3 Å². The predicted molar refractivity (Wildman–Crippen MR) is 82.5 cm³/mol. The summed E-state index contributed by atoms with van der Waals surface area (Å²) in [5, 5.41) is 0. The number of nitrogens with two attached hydrogens (primary N) is 1. The third-order valence-electron chi connectivity index (χ3n) is 4.15. The number of nitrogens with zero attached hydrogens (tertiary/aromatic N) is 1. The van der Waals surface area contributed by atoms with Gasteiger partial charge in [-0.25, -0.2) is 0 Å². The summed E-state index contributed by atoms with van der Waals surface area (Å²) in [7, 11) is 0. The van der Waals surface area contributed by atoms with Crippen LogP contribution in [0, 0.1) is 5.92 Å². The van der Waals surface area contributed by atoms with Crippen molar-refractivity contribution < 1.29 is 0 Å². The van der Waals surface area contributed by atoms with Gasteiger partial charge in [0.15, 0.2) is 0 Å². The molecule has 0 radical (unpaired) electrons. The molecular formula is C17H26N2. The van der Waals surface area contributed by atoms with Crippen molar-refractivity contribution in [2.45, 2.75) is 51.4 Å². The number of rotatable bonds is 4. The first-order valence-electron chi connectivity index (χ1n) is 7.51. The summed E-state index contributed by atoms with van der Waals surface area (Å²) in [6, 6.07) is 10.7. The standard InChI is InChI=1S/C17H26N2/c1-14(2)13-19-16(18)17(11-7-4-8-12-17)15-9-5-3-6-10-15/h3,5-6,9-10,14H,4,7-8,11-13H2,1-2H3,(H2,18,19). The Kier molecular flexibility index (Phi) is 4.62. The molecule has 0 heterocycles. The van der Waals surface area contributed by atoms with E-state index in [0.717, 1.165) is 25.2 Å². The monoisotopic (exact) mass is 258 g/mol. The Labute approximate surface area is 117 Å². The Balaban J connectivity index is 2.32. The van der Waals surface area contributed by atoms with Crippen LogP contribution in [0.15, 0.2) is 35.3 Å². The molecule has 2 N–H and O–H groups in total. The lowest BCUT2D eigenvalue weighted by Crippen LogP contribution is -2.43. The zero-order valence-electron chi connectivity index (χ0n) is 12.2. The molecule has 0 amide bonds. The SMILES string of the molecule is CC(C)CN=C(N)C1(c2ccccc2)CCCCC1. The van der Waals surface area contributed by atoms with Gasteiger partial charge in [-0.3, -0.25) is 4.99 Å². The second-order valence-corrected chi connectivity index (χ2v) is 6.13. The fourth-order valence-corrected chi connectivity index (χ4v) is 3.04. The fourth-order valence-electron chi connectivity index (χ4n) is 3.04. The maximum atomic E-state index is 6.41. The minimum absolute atomic E-state index is 0.00556. The van der Waals surface area contributed by atoms with Crippen LogP contribution < -0.4 is 5.73 Å². The lowest BCUT2D eigenvalue weighted by molar-refractivity contribution is 0.376. The maximum absolute atomic E-state index is 6.41. The van der Waals surface area contributed by atoms with Gasteiger partial charge in [-0.2, -0.15) is 0 Å². The molecule has 1 aliphatic rings. The summed E-state index contributed by atoms with van der Waals surface area (Å²) in [6.45, 7) is 5.21. The molecule has 1 saturated carbocycles. The van der Waals surface area contributed by atoms with Gasteiger partial charge in [0.25, 0.3) is 0 Å². The molecule has 0 bridgehead atoms. The van der Waals surface area contributed by atoms with Crippen LogP contribution in [-0.4, -0.2) is 12.4 Å². The molecule has 104 valence electrons. The van der Waals surface area contributed by atoms with E-state index >= 15 is 0 Å². The molecule has 1 aromatic carbocycles. The van der Waals surface area contributed by atoms with Crippen molar-refractivity contribution in [2.75, 3.05) is 6.54 Å². The van der Waals surface area contributed by atoms with Gasteiger partial charge in [0.1, 0.15) is 5.84 Å². The third-order valence-corrected chi connectivity index (χ3v) is 4.15. The Morgan fingerprint density at radius 2 is 1.79 bits per heavy atom. The molecule has 19 heavy (non-hydrogen) atoms. The van der Waals surface area contributed by atoms with Crippen LogP contribution in [0.2, 0.25) is 0 Å². The molecule has 0 spiro atoms. The molecule has 1 fully saturated rings. The molecule has 0 unspecified atom stereocenters. The van der Waals surface area contributed by atoms with E-state index in [9.17, 15) is 0 Å². The summed E-state index contributed by atoms with van der Waals surface area (Å²) < 4.78 is 0. The summed E-state index contributed by atoms with van der Waals surface area (Å²) in [5.74, 6) is 1.42. The average Bonchev–Trinajstić information content (AvgIpc) is 2.46. The van der Waals surface area contributed by atoms with Gasteiger partial charge in [-0.15, -0.1) is 0 Å². The summed E-state index contributed by atoms with van der Waals surface area (Å²) >= 11 is 0. The highest BCUT2D eigenvalue weighted by Gasteiger charge is 2.37. The van der Waals surface area contributed by atoms with Crippen LogP contribution in [0.4, 0.5) is 0 Å². The van der Waals surface area contributed by atoms with Gasteiger partial charge in [0.05, 0.1) is 5.41 Å². The smallest absolute Gasteiger partial charge is 0.104 e. The molecule has 2 heteroatoms.